The van der Waals surface area contributed by atoms with Crippen LogP contribution in [0, 0.1) is 0 Å². The van der Waals surface area contributed by atoms with Crippen LogP contribution in [-0.2, 0) is 25.5 Å². The van der Waals surface area contributed by atoms with Gasteiger partial charge < -0.3 is 19.1 Å². The van der Waals surface area contributed by atoms with Crippen molar-refractivity contribution in [1.82, 2.24) is 4.90 Å². The molecule has 6 nitrogen and oxygen atoms in total. The molecule has 0 bridgehead atoms. The van der Waals surface area contributed by atoms with Gasteiger partial charge in [-0.1, -0.05) is 42.5 Å². The van der Waals surface area contributed by atoms with Crippen LogP contribution in [0.25, 0.3) is 0 Å². The lowest BCUT2D eigenvalue weighted by molar-refractivity contribution is -0.137. The van der Waals surface area contributed by atoms with Crippen LogP contribution < -0.4 is 4.74 Å². The summed E-state index contributed by atoms with van der Waals surface area (Å²) < 4.78 is 15.7. The van der Waals surface area contributed by atoms with Gasteiger partial charge in [0.25, 0.3) is 0 Å². The number of carbonyl (C=O) groups is 2. The predicted octanol–water partition coefficient (Wildman–Crippen LogP) is 4.62. The Labute approximate surface area is 195 Å². The van der Waals surface area contributed by atoms with Gasteiger partial charge in [-0.25, -0.2) is 9.59 Å². The highest BCUT2D eigenvalue weighted by molar-refractivity contribution is 5.99. The molecule has 174 valence electrons. The van der Waals surface area contributed by atoms with Crippen molar-refractivity contribution in [2.75, 3.05) is 27.9 Å². The molecule has 2 aromatic carbocycles. The molecular formula is C27H31NO5. The first-order chi connectivity index (χ1) is 15.9. The van der Waals surface area contributed by atoms with Crippen LogP contribution in [0.15, 0.2) is 77.1 Å². The van der Waals surface area contributed by atoms with Crippen LogP contribution >= 0.6 is 0 Å². The van der Waals surface area contributed by atoms with E-state index >= 15 is 0 Å². The van der Waals surface area contributed by atoms with Crippen molar-refractivity contribution in [3.63, 3.8) is 0 Å². The van der Waals surface area contributed by atoms with Crippen molar-refractivity contribution >= 4 is 11.9 Å². The van der Waals surface area contributed by atoms with Crippen molar-refractivity contribution in [2.24, 2.45) is 0 Å². The van der Waals surface area contributed by atoms with Gasteiger partial charge in [-0.15, -0.1) is 0 Å². The normalized spacial score (nSPS) is 14.4. The summed E-state index contributed by atoms with van der Waals surface area (Å²) in [6.45, 7) is 4.46. The zero-order valence-electron chi connectivity index (χ0n) is 19.9. The molecule has 6 heteroatoms. The zero-order valence-corrected chi connectivity index (χ0v) is 19.9. The van der Waals surface area contributed by atoms with Gasteiger partial charge in [0.15, 0.2) is 0 Å². The Hall–Kier alpha value is -3.54. The second-order valence-corrected chi connectivity index (χ2v) is 7.93. The number of hydrogen-bond donors (Lipinski definition) is 0. The number of methoxy groups -OCH3 is 3. The molecule has 0 aromatic heterocycles. The van der Waals surface area contributed by atoms with Crippen LogP contribution in [0.4, 0.5) is 0 Å². The van der Waals surface area contributed by atoms with Crippen LogP contribution in [0.5, 0.6) is 5.75 Å². The second-order valence-electron chi connectivity index (χ2n) is 7.93. The largest absolute Gasteiger partial charge is 0.497 e. The highest BCUT2D eigenvalue weighted by Gasteiger charge is 2.40. The Balaban J connectivity index is 2.06. The SMILES string of the molecule is COC(=O)C1=C(C)N(CCCc2ccccc2)C(C)=C(C(=O)OC)C1c1cccc(OC)c1. The fourth-order valence-corrected chi connectivity index (χ4v) is 4.43. The average molecular weight is 450 g/mol. The maximum Gasteiger partial charge on any atom is 0.336 e. The molecule has 0 atom stereocenters. The minimum absolute atomic E-state index is 0.427. The number of esters is 2. The van der Waals surface area contributed by atoms with E-state index in [1.807, 2.05) is 61.2 Å². The molecule has 1 aliphatic heterocycles. The van der Waals surface area contributed by atoms with E-state index in [4.69, 9.17) is 14.2 Å². The molecule has 0 saturated carbocycles. The van der Waals surface area contributed by atoms with Crippen molar-refractivity contribution in [3.8, 4) is 5.75 Å². The number of rotatable bonds is 8. The van der Waals surface area contributed by atoms with Crippen molar-refractivity contribution in [3.05, 3.63) is 88.3 Å². The summed E-state index contributed by atoms with van der Waals surface area (Å²) in [6, 6.07) is 17.6. The standard InChI is InChI=1S/C27H31NO5/c1-18-23(26(29)32-4)25(21-14-9-15-22(17-21)31-3)24(27(30)33-5)19(2)28(18)16-10-13-20-11-7-6-8-12-20/h6-9,11-12,14-15,17,25H,10,13,16H2,1-5H3. The molecular weight excluding hydrogens is 418 g/mol. The smallest absolute Gasteiger partial charge is 0.336 e. The van der Waals surface area contributed by atoms with Crippen LogP contribution in [0.2, 0.25) is 0 Å². The zero-order chi connectivity index (χ0) is 24.0. The van der Waals surface area contributed by atoms with Gasteiger partial charge in [0, 0.05) is 17.9 Å². The number of ether oxygens (including phenoxy) is 3. The van der Waals surface area contributed by atoms with Gasteiger partial charge in [0.2, 0.25) is 0 Å². The molecule has 0 radical (unpaired) electrons. The molecule has 0 unspecified atom stereocenters. The van der Waals surface area contributed by atoms with E-state index in [-0.39, 0.29) is 0 Å². The Morgan fingerprint density at radius 3 is 2.00 bits per heavy atom. The minimum Gasteiger partial charge on any atom is -0.497 e. The fourth-order valence-electron chi connectivity index (χ4n) is 4.43. The van der Waals surface area contributed by atoms with Crippen molar-refractivity contribution in [1.29, 1.82) is 0 Å². The average Bonchev–Trinajstić information content (AvgIpc) is 2.85. The topological polar surface area (TPSA) is 65.1 Å². The third-order valence-electron chi connectivity index (χ3n) is 6.09. The predicted molar refractivity (Wildman–Crippen MR) is 127 cm³/mol. The van der Waals surface area contributed by atoms with E-state index in [1.165, 1.54) is 19.8 Å². The van der Waals surface area contributed by atoms with E-state index < -0.39 is 17.9 Å². The Morgan fingerprint density at radius 2 is 1.45 bits per heavy atom. The van der Waals surface area contributed by atoms with Gasteiger partial charge in [-0.2, -0.15) is 0 Å². The molecule has 0 saturated heterocycles. The maximum atomic E-state index is 13.0. The summed E-state index contributed by atoms with van der Waals surface area (Å²) in [7, 11) is 4.29. The van der Waals surface area contributed by atoms with Gasteiger partial charge in [-0.05, 0) is 49.9 Å². The number of hydrogen-bond acceptors (Lipinski definition) is 6. The molecule has 0 amide bonds. The molecule has 1 aliphatic rings. The van der Waals surface area contributed by atoms with Crippen molar-refractivity contribution < 1.29 is 23.8 Å². The van der Waals surface area contributed by atoms with E-state index in [0.29, 0.717) is 23.4 Å². The van der Waals surface area contributed by atoms with Gasteiger partial charge >= 0.3 is 11.9 Å². The summed E-state index contributed by atoms with van der Waals surface area (Å²) in [5.74, 6) is -0.920. The summed E-state index contributed by atoms with van der Waals surface area (Å²) in [6.07, 6.45) is 1.74. The summed E-state index contributed by atoms with van der Waals surface area (Å²) in [5, 5.41) is 0. The van der Waals surface area contributed by atoms with E-state index in [1.54, 1.807) is 7.11 Å². The highest BCUT2D eigenvalue weighted by atomic mass is 16.5. The summed E-state index contributed by atoms with van der Waals surface area (Å²) in [5.41, 5.74) is 4.40. The number of aryl methyl sites for hydroxylation is 1. The van der Waals surface area contributed by atoms with Crippen LogP contribution in [-0.4, -0.2) is 44.7 Å². The maximum absolute atomic E-state index is 13.0. The van der Waals surface area contributed by atoms with Gasteiger partial charge in [0.1, 0.15) is 5.75 Å². The third-order valence-corrected chi connectivity index (χ3v) is 6.09. The highest BCUT2D eigenvalue weighted by Crippen LogP contribution is 2.43. The molecule has 0 spiro atoms. The van der Waals surface area contributed by atoms with Crippen LogP contribution in [0.1, 0.15) is 37.3 Å². The Morgan fingerprint density at radius 1 is 0.848 bits per heavy atom. The van der Waals surface area contributed by atoms with Crippen molar-refractivity contribution in [2.45, 2.75) is 32.6 Å². The number of allylic oxidation sites excluding steroid dienone is 2. The number of nitrogens with zero attached hydrogens (tertiary/aromatic N) is 1. The number of carbonyl (C=O) groups excluding carboxylic acids is 2. The lowest BCUT2D eigenvalue weighted by Gasteiger charge is -2.38. The van der Waals surface area contributed by atoms with Gasteiger partial charge in [-0.3, -0.25) is 0 Å². The lowest BCUT2D eigenvalue weighted by Crippen LogP contribution is -2.35. The Bertz CT molecular complexity index is 1030. The minimum atomic E-state index is -0.620. The molecule has 33 heavy (non-hydrogen) atoms. The molecule has 0 aliphatic carbocycles. The molecule has 2 aromatic rings. The first-order valence-electron chi connectivity index (χ1n) is 11.0. The third kappa shape index (κ3) is 5.11. The molecule has 0 N–H and O–H groups in total. The van der Waals surface area contributed by atoms with E-state index in [0.717, 1.165) is 29.8 Å². The monoisotopic (exact) mass is 449 g/mol. The second kappa shape index (κ2) is 10.9. The molecule has 1 heterocycles. The summed E-state index contributed by atoms with van der Waals surface area (Å²) in [4.78, 5) is 28.0. The molecule has 3 rings (SSSR count). The molecule has 0 fully saturated rings. The van der Waals surface area contributed by atoms with Crippen LogP contribution in [0.3, 0.4) is 0 Å². The van der Waals surface area contributed by atoms with Gasteiger partial charge in [0.05, 0.1) is 38.4 Å². The number of benzene rings is 2. The van der Waals surface area contributed by atoms with E-state index in [2.05, 4.69) is 12.1 Å². The first-order valence-corrected chi connectivity index (χ1v) is 11.0. The fraction of sp³-hybridized carbons (Fsp3) is 0.333. The quantitative estimate of drug-likeness (QED) is 0.548. The first kappa shape index (κ1) is 24.1. The lowest BCUT2D eigenvalue weighted by atomic mass is 9.79. The Kier molecular flexibility index (Phi) is 7.93. The van der Waals surface area contributed by atoms with E-state index in [9.17, 15) is 9.59 Å². The summed E-state index contributed by atoms with van der Waals surface area (Å²) >= 11 is 0.